The van der Waals surface area contributed by atoms with E-state index in [4.69, 9.17) is 54.0 Å². The summed E-state index contributed by atoms with van der Waals surface area (Å²) in [4.78, 5) is 14.3. The van der Waals surface area contributed by atoms with Gasteiger partial charge in [-0.3, -0.25) is 4.79 Å². The molecule has 19 nitrogen and oxygen atoms in total. The Morgan fingerprint density at radius 1 is 0.750 bits per heavy atom. The Hall–Kier alpha value is -3.83. The second-order valence-corrected chi connectivity index (χ2v) is 11.2. The van der Waals surface area contributed by atoms with Gasteiger partial charge in [0, 0.05) is 17.7 Å². The van der Waals surface area contributed by atoms with Crippen molar-refractivity contribution in [3.8, 4) is 40.1 Å². The van der Waals surface area contributed by atoms with Gasteiger partial charge in [-0.05, 0) is 25.1 Å². The summed E-state index contributed by atoms with van der Waals surface area (Å²) in [7, 11) is 0. The quantitative estimate of drug-likeness (QED) is 0.0755. The first kappa shape index (κ1) is 26.0. The summed E-state index contributed by atoms with van der Waals surface area (Å²) in [5.41, 5.74) is -2.75. The predicted octanol–water partition coefficient (Wildman–Crippen LogP) is -2.69. The minimum atomic E-state index is -3.83. The highest BCUT2D eigenvalue weighted by Crippen LogP contribution is 2.40. The lowest BCUT2D eigenvalue weighted by atomic mass is 9.98. The number of hydrogen-bond donors (Lipinski definition) is 10. The first-order chi connectivity index (χ1) is 29.1. The van der Waals surface area contributed by atoms with Gasteiger partial charge in [0.15, 0.2) is 23.5 Å². The van der Waals surface area contributed by atoms with Crippen molar-refractivity contribution in [3.05, 3.63) is 40.6 Å². The van der Waals surface area contributed by atoms with Gasteiger partial charge in [-0.1, -0.05) is 0 Å². The molecule has 2 saturated heterocycles. The molecule has 0 bridgehead atoms. The molecule has 52 heavy (non-hydrogen) atoms. The van der Waals surface area contributed by atoms with Crippen molar-refractivity contribution in [2.45, 2.75) is 68.3 Å². The zero-order valence-corrected chi connectivity index (χ0v) is 26.5. The van der Waals surface area contributed by atoms with Gasteiger partial charge in [-0.2, -0.15) is 0 Å². The second-order valence-electron chi connectivity index (χ2n) is 11.2. The molecule has 0 spiro atoms. The molecule has 2 aromatic carbocycles. The Morgan fingerprint density at radius 3 is 2.08 bits per heavy atom. The predicted molar refractivity (Wildman–Crippen MR) is 173 cm³/mol. The van der Waals surface area contributed by atoms with Gasteiger partial charge in [0.2, 0.25) is 17.5 Å². The van der Waals surface area contributed by atoms with E-state index in [1.807, 2.05) is 0 Å². The van der Waals surface area contributed by atoms with Crippen LogP contribution >= 0.6 is 0 Å². The highest BCUT2D eigenvalue weighted by Gasteiger charge is 2.48. The third kappa shape index (κ3) is 8.36. The number of aliphatic hydroxyl groups excluding tert-OH is 6. The van der Waals surface area contributed by atoms with E-state index < -0.39 is 164 Å². The third-order valence-electron chi connectivity index (χ3n) is 7.88. The number of aliphatic hydroxyl groups is 9. The van der Waals surface area contributed by atoms with E-state index >= 15 is 0 Å². The molecule has 1 aromatic heterocycles. The summed E-state index contributed by atoms with van der Waals surface area (Å²) in [5.74, 6) is -5.97. The van der Waals surface area contributed by atoms with Crippen molar-refractivity contribution < 1.29 is 105 Å². The molecule has 0 saturated carbocycles. The maximum Gasteiger partial charge on any atom is 0.239 e. The van der Waals surface area contributed by atoms with E-state index in [1.165, 1.54) is 6.92 Å². The Kier molecular flexibility index (Phi) is 8.67. The molecular weight excluding hydrogens is 700 g/mol. The van der Waals surface area contributed by atoms with Crippen LogP contribution < -0.4 is 24.4 Å². The van der Waals surface area contributed by atoms with Crippen molar-refractivity contribution in [1.82, 2.24) is 0 Å². The third-order valence-corrected chi connectivity index (χ3v) is 7.88. The van der Waals surface area contributed by atoms with Crippen LogP contribution in [0.25, 0.3) is 22.3 Å². The number of phenols is 1. The average molecular weight is 755 g/mol. The van der Waals surface area contributed by atoms with Crippen LogP contribution in [0.5, 0.6) is 28.7 Å². The summed E-state index contributed by atoms with van der Waals surface area (Å²) >= 11 is 0. The van der Waals surface area contributed by atoms with E-state index in [0.717, 1.165) is 6.07 Å². The van der Waals surface area contributed by atoms with Gasteiger partial charge in [-0.25, -0.2) is 0 Å². The summed E-state index contributed by atoms with van der Waals surface area (Å²) in [6, 6.07) is 3.42. The summed E-state index contributed by atoms with van der Waals surface area (Å²) in [6.07, 6.45) is -18.3. The zero-order chi connectivity index (χ0) is 48.4. The van der Waals surface area contributed by atoms with Crippen molar-refractivity contribution in [2.75, 3.05) is 46.0 Å². The lowest BCUT2D eigenvalue weighted by molar-refractivity contribution is -0.318. The summed E-state index contributed by atoms with van der Waals surface area (Å²) in [5, 5.41) is 103. The van der Waals surface area contributed by atoms with Crippen molar-refractivity contribution in [1.29, 1.82) is 0 Å². The molecule has 0 amide bonds. The molecule has 0 aliphatic carbocycles. The highest BCUT2D eigenvalue weighted by atomic mass is 16.7. The molecule has 2 fully saturated rings. The van der Waals surface area contributed by atoms with E-state index in [1.54, 1.807) is 0 Å². The number of aromatic hydroxyl groups is 1. The van der Waals surface area contributed by atoms with Gasteiger partial charge in [0.25, 0.3) is 0 Å². The van der Waals surface area contributed by atoms with Gasteiger partial charge in [0.05, 0.1) is 48.8 Å². The highest BCUT2D eigenvalue weighted by molar-refractivity contribution is 5.88. The van der Waals surface area contributed by atoms with Crippen LogP contribution in [0.1, 0.15) is 23.4 Å². The molecule has 19 heteroatoms. The number of rotatable bonds is 15. The van der Waals surface area contributed by atoms with Gasteiger partial charge < -0.3 is 88.6 Å². The van der Waals surface area contributed by atoms with Gasteiger partial charge in [-0.15, -0.1) is 0 Å². The second kappa shape index (κ2) is 17.3. The van der Waals surface area contributed by atoms with Crippen LogP contribution in [-0.2, 0) is 14.2 Å². The maximum atomic E-state index is 14.3. The van der Waals surface area contributed by atoms with Crippen LogP contribution in [-0.4, -0.2) is 158 Å². The number of hydrogen-bond acceptors (Lipinski definition) is 19. The van der Waals surface area contributed by atoms with Gasteiger partial charge >= 0.3 is 0 Å². The molecular formula is C33H42O19. The molecule has 3 aromatic rings. The van der Waals surface area contributed by atoms with E-state index in [-0.39, 0.29) is 0 Å². The molecule has 3 heterocycles. The fraction of sp³-hybridized carbons (Fsp3) is 0.545. The SMILES string of the molecule is [2H]C([2H])(O)C([2H])([2H])Oc1cc(O)c2c(=O)c(O[C@@H]3O[C@H](CO[C@@H]4O[C@@H](C)[C@H](O)[C@@H](O)[C@H]4O)[C@@H](O)[C@H](O)[C@H]3O)c(-c3ccc(OC([2H])([2H])C([2H])([2H])O)c(OC([2H])([2H])C([2H])([2H])O)c3)oc2c1. The Morgan fingerprint density at radius 2 is 1.38 bits per heavy atom. The summed E-state index contributed by atoms with van der Waals surface area (Å²) < 4.78 is 134. The van der Waals surface area contributed by atoms with Crippen molar-refractivity contribution in [2.24, 2.45) is 0 Å². The number of fused-ring (bicyclic) bond motifs is 1. The Balaban J connectivity index is 1.67. The normalized spacial score (nSPS) is 34.3. The lowest BCUT2D eigenvalue weighted by Crippen LogP contribution is -2.61. The Bertz CT molecular complexity index is 2220. The van der Waals surface area contributed by atoms with E-state index in [0.29, 0.717) is 24.3 Å². The maximum absolute atomic E-state index is 14.3. The number of phenolic OH excluding ortho intramolecular Hbond substituents is 1. The van der Waals surface area contributed by atoms with Crippen LogP contribution in [0.4, 0.5) is 0 Å². The van der Waals surface area contributed by atoms with Crippen molar-refractivity contribution >= 4 is 11.0 Å². The molecule has 0 radical (unpaired) electrons. The van der Waals surface area contributed by atoms with E-state index in [2.05, 4.69) is 0 Å². The van der Waals surface area contributed by atoms with Crippen LogP contribution in [0.15, 0.2) is 39.5 Å². The van der Waals surface area contributed by atoms with Crippen LogP contribution in [0.2, 0.25) is 0 Å². The minimum Gasteiger partial charge on any atom is -0.507 e. The van der Waals surface area contributed by atoms with Crippen LogP contribution in [0, 0.1) is 0 Å². The van der Waals surface area contributed by atoms with Crippen LogP contribution in [0.3, 0.4) is 0 Å². The van der Waals surface area contributed by atoms with Gasteiger partial charge in [0.1, 0.15) is 84.9 Å². The smallest absolute Gasteiger partial charge is 0.239 e. The van der Waals surface area contributed by atoms with Crippen molar-refractivity contribution in [3.63, 3.8) is 0 Å². The summed E-state index contributed by atoms with van der Waals surface area (Å²) in [6.45, 7) is -21.7. The first-order valence-electron chi connectivity index (χ1n) is 21.0. The topological polar surface area (TPSA) is 297 Å². The molecule has 2 aliphatic rings. The molecule has 10 atom stereocenters. The fourth-order valence-electron chi connectivity index (χ4n) is 5.27. The number of ether oxygens (including phenoxy) is 7. The molecule has 288 valence electrons. The average Bonchev–Trinajstić information content (AvgIpc) is 3.15. The molecule has 5 rings (SSSR count). The fourth-order valence-corrected chi connectivity index (χ4v) is 5.27. The first-order valence-corrected chi connectivity index (χ1v) is 15.0. The standard InChI is InChI=1S/C33H42O19/c1-14-23(38)26(41)28(43)32(49-14)48-13-21-24(39)27(42)29(44)33(51-21)52-31-25(40)22-17(37)11-16(45-7-4-34)12-20(22)50-30(31)15-2-3-18(46-8-5-35)19(10-15)47-9-6-36/h2-3,10-12,14,21,23-24,26-29,32-39,41-44H,4-9,13H2,1H3/t14-,21+,23-,24+,26+,27-,28+,29+,32+,33-/m0/s1/i4D2,5D2,6D2,7D2,8D2,9D2. The van der Waals surface area contributed by atoms with E-state index in [9.17, 15) is 55.9 Å². The lowest BCUT2D eigenvalue weighted by Gasteiger charge is -2.42. The largest absolute Gasteiger partial charge is 0.507 e. The zero-order valence-electron chi connectivity index (χ0n) is 38.5. The Labute approximate surface area is 311 Å². The monoisotopic (exact) mass is 754 g/mol. The molecule has 10 N–H and O–H groups in total. The minimum absolute atomic E-state index is 0.574. The molecule has 0 unspecified atom stereocenters. The number of benzene rings is 2. The molecule has 2 aliphatic heterocycles.